The van der Waals surface area contributed by atoms with Crippen LogP contribution in [0.3, 0.4) is 0 Å². The number of amides is 2. The van der Waals surface area contributed by atoms with E-state index >= 15 is 0 Å². The van der Waals surface area contributed by atoms with E-state index in [1.54, 1.807) is 0 Å². The van der Waals surface area contributed by atoms with Gasteiger partial charge in [-0.05, 0) is 19.8 Å². The second-order valence-corrected chi connectivity index (χ2v) is 5.47. The monoisotopic (exact) mass is 316 g/mol. The summed E-state index contributed by atoms with van der Waals surface area (Å²) in [6.07, 6.45) is 2.95. The van der Waals surface area contributed by atoms with Crippen LogP contribution in [0.15, 0.2) is 0 Å². The molecule has 0 aromatic heterocycles. The van der Waals surface area contributed by atoms with Crippen molar-refractivity contribution in [2.75, 3.05) is 32.9 Å². The average Bonchev–Trinajstić information content (AvgIpc) is 2.51. The lowest BCUT2D eigenvalue weighted by molar-refractivity contribution is -0.127. The summed E-state index contributed by atoms with van der Waals surface area (Å²) in [7, 11) is 0. The highest BCUT2D eigenvalue weighted by molar-refractivity contribution is 5.78. The molecule has 0 saturated carbocycles. The van der Waals surface area contributed by atoms with Crippen LogP contribution in [0.5, 0.6) is 0 Å². The molecule has 2 amide bonds. The molecule has 2 N–H and O–H groups in total. The van der Waals surface area contributed by atoms with Gasteiger partial charge in [0, 0.05) is 19.0 Å². The summed E-state index contributed by atoms with van der Waals surface area (Å²) in [6, 6.07) is 0. The normalized spacial score (nSPS) is 13.5. The smallest absolute Gasteiger partial charge is 0.246 e. The number of nitrogens with one attached hydrogen (secondary N) is 2. The van der Waals surface area contributed by atoms with Gasteiger partial charge < -0.3 is 20.1 Å². The maximum absolute atomic E-state index is 11.5. The van der Waals surface area contributed by atoms with Crippen LogP contribution in [-0.4, -0.2) is 50.8 Å². The summed E-state index contributed by atoms with van der Waals surface area (Å²) < 4.78 is 10.7. The predicted molar refractivity (Wildman–Crippen MR) is 86.6 cm³/mol. The topological polar surface area (TPSA) is 76.7 Å². The molecular formula is C16H32N2O4. The molecule has 130 valence electrons. The molecule has 6 heteroatoms. The van der Waals surface area contributed by atoms with Crippen LogP contribution >= 0.6 is 0 Å². The molecule has 0 rings (SSSR count). The van der Waals surface area contributed by atoms with E-state index in [0.717, 1.165) is 19.3 Å². The van der Waals surface area contributed by atoms with E-state index in [2.05, 4.69) is 17.6 Å². The third-order valence-corrected chi connectivity index (χ3v) is 3.37. The van der Waals surface area contributed by atoms with Crippen LogP contribution in [0.4, 0.5) is 0 Å². The lowest BCUT2D eigenvalue weighted by atomic mass is 10.1. The summed E-state index contributed by atoms with van der Waals surface area (Å²) >= 11 is 0. The second kappa shape index (κ2) is 13.5. The van der Waals surface area contributed by atoms with Gasteiger partial charge in [-0.25, -0.2) is 0 Å². The van der Waals surface area contributed by atoms with Crippen molar-refractivity contribution in [3.63, 3.8) is 0 Å². The number of carbonyl (C=O) groups is 2. The van der Waals surface area contributed by atoms with Gasteiger partial charge in [-0.15, -0.1) is 0 Å². The van der Waals surface area contributed by atoms with Crippen molar-refractivity contribution < 1.29 is 19.1 Å². The molecule has 2 atom stereocenters. The van der Waals surface area contributed by atoms with Gasteiger partial charge in [0.25, 0.3) is 0 Å². The number of hydrogen-bond acceptors (Lipinski definition) is 4. The largest absolute Gasteiger partial charge is 0.378 e. The third kappa shape index (κ3) is 11.5. The fourth-order valence-corrected chi connectivity index (χ4v) is 1.73. The van der Waals surface area contributed by atoms with Crippen molar-refractivity contribution >= 4 is 11.8 Å². The van der Waals surface area contributed by atoms with Gasteiger partial charge in [0.05, 0.1) is 19.3 Å². The molecule has 6 nitrogen and oxygen atoms in total. The maximum atomic E-state index is 11.5. The van der Waals surface area contributed by atoms with Gasteiger partial charge in [-0.1, -0.05) is 27.2 Å². The first-order valence-corrected chi connectivity index (χ1v) is 8.24. The Labute approximate surface area is 134 Å². The van der Waals surface area contributed by atoms with Crippen molar-refractivity contribution in [2.24, 2.45) is 5.92 Å². The number of rotatable bonds is 13. The fraction of sp³-hybridized carbons (Fsp3) is 0.875. The quantitative estimate of drug-likeness (QED) is 0.505. The van der Waals surface area contributed by atoms with Crippen molar-refractivity contribution in [3.05, 3.63) is 0 Å². The summed E-state index contributed by atoms with van der Waals surface area (Å²) in [6.45, 7) is 9.84. The Hall–Kier alpha value is -1.14. The van der Waals surface area contributed by atoms with E-state index in [0.29, 0.717) is 26.3 Å². The Morgan fingerprint density at radius 1 is 1.05 bits per heavy atom. The molecule has 2 unspecified atom stereocenters. The van der Waals surface area contributed by atoms with E-state index in [-0.39, 0.29) is 30.4 Å². The first kappa shape index (κ1) is 20.9. The van der Waals surface area contributed by atoms with Gasteiger partial charge in [-0.3, -0.25) is 9.59 Å². The molecule has 0 fully saturated rings. The maximum Gasteiger partial charge on any atom is 0.246 e. The molecule has 0 aliphatic heterocycles. The zero-order valence-corrected chi connectivity index (χ0v) is 14.4. The summed E-state index contributed by atoms with van der Waals surface area (Å²) in [4.78, 5) is 23.0. The highest BCUT2D eigenvalue weighted by atomic mass is 16.5. The summed E-state index contributed by atoms with van der Waals surface area (Å²) in [5.74, 6) is -0.0382. The van der Waals surface area contributed by atoms with Crippen LogP contribution in [0.2, 0.25) is 0 Å². The SMILES string of the molecule is CCCC(C)OCC(=O)NCCOCCNC(=O)C(C)CC. The highest BCUT2D eigenvalue weighted by Gasteiger charge is 2.08. The van der Waals surface area contributed by atoms with Crippen LogP contribution in [0.25, 0.3) is 0 Å². The Bertz CT molecular complexity index is 311. The minimum absolute atomic E-state index is 0.0365. The van der Waals surface area contributed by atoms with Crippen molar-refractivity contribution in [3.8, 4) is 0 Å². The molecule has 0 heterocycles. The fourth-order valence-electron chi connectivity index (χ4n) is 1.73. The Morgan fingerprint density at radius 3 is 2.27 bits per heavy atom. The Kier molecular flexibility index (Phi) is 12.8. The van der Waals surface area contributed by atoms with Crippen molar-refractivity contribution in [1.29, 1.82) is 0 Å². The molecule has 0 spiro atoms. The average molecular weight is 316 g/mol. The Morgan fingerprint density at radius 2 is 1.68 bits per heavy atom. The van der Waals surface area contributed by atoms with Gasteiger partial charge in [0.15, 0.2) is 0 Å². The number of ether oxygens (including phenoxy) is 2. The van der Waals surface area contributed by atoms with Crippen molar-refractivity contribution in [2.45, 2.75) is 53.1 Å². The second-order valence-electron chi connectivity index (χ2n) is 5.47. The van der Waals surface area contributed by atoms with Crippen LogP contribution < -0.4 is 10.6 Å². The molecule has 0 saturated heterocycles. The molecule has 22 heavy (non-hydrogen) atoms. The van der Waals surface area contributed by atoms with Crippen LogP contribution in [-0.2, 0) is 19.1 Å². The predicted octanol–water partition coefficient (Wildman–Crippen LogP) is 1.49. The van der Waals surface area contributed by atoms with Crippen LogP contribution in [0, 0.1) is 5.92 Å². The first-order valence-electron chi connectivity index (χ1n) is 8.24. The summed E-state index contributed by atoms with van der Waals surface area (Å²) in [5, 5.41) is 5.54. The molecular weight excluding hydrogens is 284 g/mol. The minimum Gasteiger partial charge on any atom is -0.378 e. The molecule has 0 aromatic carbocycles. The van der Waals surface area contributed by atoms with E-state index in [4.69, 9.17) is 9.47 Å². The van der Waals surface area contributed by atoms with E-state index in [1.165, 1.54) is 0 Å². The van der Waals surface area contributed by atoms with E-state index < -0.39 is 0 Å². The lowest BCUT2D eigenvalue weighted by Gasteiger charge is -2.12. The Balaban J connectivity index is 3.42. The zero-order chi connectivity index (χ0) is 16.8. The van der Waals surface area contributed by atoms with E-state index in [9.17, 15) is 9.59 Å². The van der Waals surface area contributed by atoms with Gasteiger partial charge in [-0.2, -0.15) is 0 Å². The van der Waals surface area contributed by atoms with Gasteiger partial charge >= 0.3 is 0 Å². The molecule has 0 radical (unpaired) electrons. The molecule has 0 aliphatic carbocycles. The highest BCUT2D eigenvalue weighted by Crippen LogP contribution is 2.00. The zero-order valence-electron chi connectivity index (χ0n) is 14.4. The van der Waals surface area contributed by atoms with Gasteiger partial charge in [0.1, 0.15) is 6.61 Å². The van der Waals surface area contributed by atoms with Crippen molar-refractivity contribution in [1.82, 2.24) is 10.6 Å². The molecule has 0 bridgehead atoms. The van der Waals surface area contributed by atoms with Gasteiger partial charge in [0.2, 0.25) is 11.8 Å². The minimum atomic E-state index is -0.128. The number of hydrogen-bond donors (Lipinski definition) is 2. The number of carbonyl (C=O) groups excluding carboxylic acids is 2. The lowest BCUT2D eigenvalue weighted by Crippen LogP contribution is -2.34. The third-order valence-electron chi connectivity index (χ3n) is 3.37. The summed E-state index contributed by atoms with van der Waals surface area (Å²) in [5.41, 5.74) is 0. The van der Waals surface area contributed by atoms with Crippen LogP contribution in [0.1, 0.15) is 47.0 Å². The molecule has 0 aliphatic rings. The first-order chi connectivity index (χ1) is 10.5. The molecule has 0 aromatic rings. The standard InChI is InChI=1S/C16H32N2O4/c1-5-7-14(4)22-12-15(19)17-8-10-21-11-9-18-16(20)13(3)6-2/h13-14H,5-12H2,1-4H3,(H,17,19)(H,18,20). The van der Waals surface area contributed by atoms with E-state index in [1.807, 2.05) is 20.8 Å².